The molecule has 1 aromatic carbocycles. The summed E-state index contributed by atoms with van der Waals surface area (Å²) in [5.41, 5.74) is 0.736. The highest BCUT2D eigenvalue weighted by atomic mass is 35.5. The second-order valence-electron chi connectivity index (χ2n) is 7.45. The predicted octanol–water partition coefficient (Wildman–Crippen LogP) is 2.95. The number of likely N-dealkylation sites (tertiary alicyclic amines) is 1. The first kappa shape index (κ1) is 21.7. The molecule has 0 aromatic heterocycles. The van der Waals surface area contributed by atoms with E-state index in [2.05, 4.69) is 17.1 Å². The Balaban J connectivity index is 0.00000261. The fraction of sp³-hybridized carbons (Fsp3) is 0.619. The molecular weight excluding hydrogens is 362 g/mol. The molecule has 5 nitrogen and oxygen atoms in total. The van der Waals surface area contributed by atoms with Gasteiger partial charge in [0.25, 0.3) is 5.91 Å². The van der Waals surface area contributed by atoms with E-state index in [9.17, 15) is 9.59 Å². The Hall–Kier alpha value is -1.59. The molecule has 0 saturated carbocycles. The molecule has 2 aliphatic heterocycles. The van der Waals surface area contributed by atoms with Crippen molar-refractivity contribution in [3.8, 4) is 0 Å². The zero-order chi connectivity index (χ0) is 18.4. The van der Waals surface area contributed by atoms with E-state index in [1.807, 2.05) is 35.2 Å². The summed E-state index contributed by atoms with van der Waals surface area (Å²) in [6.07, 6.45) is 4.67. The number of hydrogen-bond donors (Lipinski definition) is 1. The first-order chi connectivity index (χ1) is 12.7. The Morgan fingerprint density at radius 3 is 2.30 bits per heavy atom. The summed E-state index contributed by atoms with van der Waals surface area (Å²) in [7, 11) is 0. The molecule has 2 amide bonds. The number of nitrogens with zero attached hydrogens (tertiary/aromatic N) is 2. The van der Waals surface area contributed by atoms with Crippen LogP contribution in [0.15, 0.2) is 30.3 Å². The fourth-order valence-corrected chi connectivity index (χ4v) is 4.16. The molecular formula is C21H32ClN3O2. The molecule has 3 rings (SSSR count). The first-order valence-electron chi connectivity index (χ1n) is 10.1. The average Bonchev–Trinajstić information content (AvgIpc) is 2.72. The number of hydrogen-bond acceptors (Lipinski definition) is 3. The van der Waals surface area contributed by atoms with Crippen molar-refractivity contribution < 1.29 is 9.59 Å². The lowest BCUT2D eigenvalue weighted by molar-refractivity contribution is -0.140. The van der Waals surface area contributed by atoms with Crippen LogP contribution in [-0.4, -0.2) is 60.4 Å². The molecule has 1 N–H and O–H groups in total. The van der Waals surface area contributed by atoms with Crippen LogP contribution in [0.25, 0.3) is 0 Å². The van der Waals surface area contributed by atoms with E-state index in [1.54, 1.807) is 0 Å². The number of benzene rings is 1. The van der Waals surface area contributed by atoms with Crippen LogP contribution in [0.2, 0.25) is 0 Å². The third-order valence-electron chi connectivity index (χ3n) is 5.65. The lowest BCUT2D eigenvalue weighted by Gasteiger charge is -2.39. The molecule has 0 aliphatic carbocycles. The summed E-state index contributed by atoms with van der Waals surface area (Å²) < 4.78 is 0. The number of halogens is 1. The lowest BCUT2D eigenvalue weighted by atomic mass is 9.93. The van der Waals surface area contributed by atoms with E-state index in [4.69, 9.17) is 0 Å². The molecule has 2 fully saturated rings. The third-order valence-corrected chi connectivity index (χ3v) is 5.65. The highest BCUT2D eigenvalue weighted by molar-refractivity contribution is 5.94. The standard InChI is InChI=1S/C21H31N3O2.ClH/c1-2-14-24(19-8-12-22-13-9-19)21(26)18-10-15-23(16-11-18)20(25)17-6-4-3-5-7-17;/h3-7,18-19,22H,2,8-16H2,1H3;1H. The van der Waals surface area contributed by atoms with E-state index >= 15 is 0 Å². The Morgan fingerprint density at radius 2 is 1.70 bits per heavy atom. The fourth-order valence-electron chi connectivity index (χ4n) is 4.16. The molecule has 0 atom stereocenters. The Morgan fingerprint density at radius 1 is 1.07 bits per heavy atom. The Labute approximate surface area is 168 Å². The summed E-state index contributed by atoms with van der Waals surface area (Å²) in [5, 5.41) is 3.38. The Kier molecular flexibility index (Phi) is 8.58. The minimum Gasteiger partial charge on any atom is -0.339 e. The normalized spacial score (nSPS) is 18.6. The zero-order valence-electron chi connectivity index (χ0n) is 16.2. The number of nitrogens with one attached hydrogen (secondary N) is 1. The van der Waals surface area contributed by atoms with Gasteiger partial charge in [0.2, 0.25) is 5.91 Å². The second kappa shape index (κ2) is 10.7. The van der Waals surface area contributed by atoms with Crippen molar-refractivity contribution in [3.63, 3.8) is 0 Å². The topological polar surface area (TPSA) is 52.7 Å². The van der Waals surface area contributed by atoms with Crippen molar-refractivity contribution in [2.45, 2.75) is 45.1 Å². The number of carbonyl (C=O) groups excluding carboxylic acids is 2. The minimum atomic E-state index is 0. The average molecular weight is 394 g/mol. The van der Waals surface area contributed by atoms with Gasteiger partial charge in [-0.15, -0.1) is 12.4 Å². The molecule has 2 aliphatic rings. The maximum absolute atomic E-state index is 13.1. The molecule has 150 valence electrons. The quantitative estimate of drug-likeness (QED) is 0.836. The molecule has 27 heavy (non-hydrogen) atoms. The van der Waals surface area contributed by atoms with Crippen LogP contribution in [0, 0.1) is 5.92 Å². The van der Waals surface area contributed by atoms with Gasteiger partial charge < -0.3 is 15.1 Å². The molecule has 0 unspecified atom stereocenters. The van der Waals surface area contributed by atoms with E-state index in [1.165, 1.54) is 0 Å². The molecule has 0 spiro atoms. The highest BCUT2D eigenvalue weighted by Crippen LogP contribution is 2.24. The molecule has 1 aromatic rings. The molecule has 6 heteroatoms. The van der Waals surface area contributed by atoms with Crippen LogP contribution in [0.1, 0.15) is 49.4 Å². The number of piperidine rings is 2. The van der Waals surface area contributed by atoms with Gasteiger partial charge in [-0.2, -0.15) is 0 Å². The van der Waals surface area contributed by atoms with Crippen molar-refractivity contribution in [2.75, 3.05) is 32.7 Å². The van der Waals surface area contributed by atoms with Crippen molar-refractivity contribution in [1.29, 1.82) is 0 Å². The van der Waals surface area contributed by atoms with Gasteiger partial charge in [-0.25, -0.2) is 0 Å². The van der Waals surface area contributed by atoms with E-state index in [-0.39, 0.29) is 24.2 Å². The van der Waals surface area contributed by atoms with Gasteiger partial charge in [0.05, 0.1) is 0 Å². The molecule has 0 bridgehead atoms. The third kappa shape index (κ3) is 5.45. The molecule has 0 radical (unpaired) electrons. The maximum atomic E-state index is 13.1. The minimum absolute atomic E-state index is 0. The molecule has 2 saturated heterocycles. The summed E-state index contributed by atoms with van der Waals surface area (Å²) in [6, 6.07) is 9.81. The van der Waals surface area contributed by atoms with Gasteiger partial charge in [0, 0.05) is 37.2 Å². The van der Waals surface area contributed by atoms with Gasteiger partial charge in [-0.05, 0) is 57.3 Å². The summed E-state index contributed by atoms with van der Waals surface area (Å²) in [5.74, 6) is 0.460. The van der Waals surface area contributed by atoms with E-state index in [0.29, 0.717) is 25.0 Å². The summed E-state index contributed by atoms with van der Waals surface area (Å²) >= 11 is 0. The van der Waals surface area contributed by atoms with Gasteiger partial charge in [0.15, 0.2) is 0 Å². The zero-order valence-corrected chi connectivity index (χ0v) is 17.0. The van der Waals surface area contributed by atoms with E-state index in [0.717, 1.165) is 57.3 Å². The Bertz CT molecular complexity index is 597. The van der Waals surface area contributed by atoms with Gasteiger partial charge in [0.1, 0.15) is 0 Å². The largest absolute Gasteiger partial charge is 0.339 e. The van der Waals surface area contributed by atoms with Crippen molar-refractivity contribution in [3.05, 3.63) is 35.9 Å². The lowest BCUT2D eigenvalue weighted by Crippen LogP contribution is -2.50. The van der Waals surface area contributed by atoms with Crippen LogP contribution in [0.3, 0.4) is 0 Å². The SMILES string of the molecule is CCCN(C(=O)C1CCN(C(=O)c2ccccc2)CC1)C1CCNCC1.Cl. The number of carbonyl (C=O) groups is 2. The predicted molar refractivity (Wildman–Crippen MR) is 110 cm³/mol. The van der Waals surface area contributed by atoms with E-state index < -0.39 is 0 Å². The van der Waals surface area contributed by atoms with Crippen molar-refractivity contribution in [2.24, 2.45) is 5.92 Å². The monoisotopic (exact) mass is 393 g/mol. The van der Waals surface area contributed by atoms with Gasteiger partial charge in [-0.1, -0.05) is 25.1 Å². The highest BCUT2D eigenvalue weighted by Gasteiger charge is 2.33. The van der Waals surface area contributed by atoms with Crippen LogP contribution >= 0.6 is 12.4 Å². The number of amides is 2. The van der Waals surface area contributed by atoms with Crippen molar-refractivity contribution >= 4 is 24.2 Å². The van der Waals surface area contributed by atoms with Crippen LogP contribution in [0.5, 0.6) is 0 Å². The maximum Gasteiger partial charge on any atom is 0.253 e. The van der Waals surface area contributed by atoms with Gasteiger partial charge >= 0.3 is 0 Å². The van der Waals surface area contributed by atoms with Crippen molar-refractivity contribution in [1.82, 2.24) is 15.1 Å². The summed E-state index contributed by atoms with van der Waals surface area (Å²) in [6.45, 7) is 6.35. The summed E-state index contributed by atoms with van der Waals surface area (Å²) in [4.78, 5) is 29.8. The second-order valence-corrected chi connectivity index (χ2v) is 7.45. The van der Waals surface area contributed by atoms with Crippen LogP contribution < -0.4 is 5.32 Å². The smallest absolute Gasteiger partial charge is 0.253 e. The van der Waals surface area contributed by atoms with Crippen LogP contribution in [0.4, 0.5) is 0 Å². The molecule has 2 heterocycles. The number of rotatable bonds is 5. The van der Waals surface area contributed by atoms with Gasteiger partial charge in [-0.3, -0.25) is 9.59 Å². The van der Waals surface area contributed by atoms with Crippen LogP contribution in [-0.2, 0) is 4.79 Å². The first-order valence-corrected chi connectivity index (χ1v) is 10.1.